The van der Waals surface area contributed by atoms with Gasteiger partial charge >= 0.3 is 6.15 Å². The lowest BCUT2D eigenvalue weighted by Crippen LogP contribution is -2.41. The highest BCUT2D eigenvalue weighted by molar-refractivity contribution is 7.05. The van der Waals surface area contributed by atoms with Crippen LogP contribution < -0.4 is 0 Å². The van der Waals surface area contributed by atoms with Gasteiger partial charge in [0.25, 0.3) is 0 Å². The summed E-state index contributed by atoms with van der Waals surface area (Å²) in [5, 5.41) is 32.3. The fraction of sp³-hybridized carbons (Fsp3) is 0.692. The van der Waals surface area contributed by atoms with Crippen molar-refractivity contribution in [2.45, 2.75) is 32.6 Å². The van der Waals surface area contributed by atoms with Crippen molar-refractivity contribution in [3.63, 3.8) is 0 Å². The largest absolute Gasteiger partial charge is 0.383 e. The zero-order valence-corrected chi connectivity index (χ0v) is 11.8. The van der Waals surface area contributed by atoms with Crippen LogP contribution >= 0.6 is 0 Å². The standard InChI is InChI=1S/C9H20N.C4BN4/c1-3-4-7-10(2)8-5-6-9-10;6-1-5(2-7,3-8)4-9/h3-9H2,1-2H3;/q+1;-1. The first-order chi connectivity index (χ1) is 9.01. The molecule has 100 valence electrons. The van der Waals surface area contributed by atoms with E-state index in [1.807, 2.05) is 0 Å². The smallest absolute Gasteiger partial charge is 0.326 e. The first-order valence-electron chi connectivity index (χ1n) is 6.65. The first-order valence-corrected chi connectivity index (χ1v) is 6.65. The Morgan fingerprint density at radius 1 is 0.947 bits per heavy atom. The molecule has 6 heteroatoms. The lowest BCUT2D eigenvalue weighted by Gasteiger charge is -2.28. The predicted octanol–water partition coefficient (Wildman–Crippen LogP) is 1.71. The molecule has 5 nitrogen and oxygen atoms in total. The van der Waals surface area contributed by atoms with Crippen LogP contribution in [0.4, 0.5) is 0 Å². The average molecular weight is 257 g/mol. The maximum Gasteiger partial charge on any atom is 0.383 e. The van der Waals surface area contributed by atoms with Crippen LogP contribution in [0.15, 0.2) is 0 Å². The molecule has 0 aromatic carbocycles. The minimum Gasteiger partial charge on any atom is -0.326 e. The van der Waals surface area contributed by atoms with Crippen LogP contribution in [0.5, 0.6) is 0 Å². The Kier molecular flexibility index (Phi) is 7.29. The van der Waals surface area contributed by atoms with Gasteiger partial charge in [-0.25, -0.2) is 21.0 Å². The molecule has 0 amide bonds. The summed E-state index contributed by atoms with van der Waals surface area (Å²) < 4.78 is 1.36. The highest BCUT2D eigenvalue weighted by Gasteiger charge is 2.25. The van der Waals surface area contributed by atoms with E-state index in [1.54, 1.807) is 0 Å². The van der Waals surface area contributed by atoms with Crippen LogP contribution in [0, 0.1) is 44.9 Å². The van der Waals surface area contributed by atoms with Crippen molar-refractivity contribution in [1.29, 1.82) is 21.0 Å². The summed E-state index contributed by atoms with van der Waals surface area (Å²) in [6.07, 6.45) is 2.96. The van der Waals surface area contributed by atoms with Crippen molar-refractivity contribution in [3.05, 3.63) is 0 Å². The third-order valence-corrected chi connectivity index (χ3v) is 3.47. The molecule has 0 saturated carbocycles. The number of nitriles is 4. The molecule has 1 saturated heterocycles. The number of nitrogens with zero attached hydrogens (tertiary/aromatic N) is 5. The topological polar surface area (TPSA) is 95.2 Å². The van der Waals surface area contributed by atoms with Crippen molar-refractivity contribution in [1.82, 2.24) is 0 Å². The first kappa shape index (κ1) is 17.0. The molecule has 0 N–H and O–H groups in total. The highest BCUT2D eigenvalue weighted by Crippen LogP contribution is 2.16. The summed E-state index contributed by atoms with van der Waals surface area (Å²) in [5.74, 6) is 5.38. The molecule has 0 radical (unpaired) electrons. The molecule has 19 heavy (non-hydrogen) atoms. The zero-order chi connectivity index (χ0) is 14.8. The molecule has 0 bridgehead atoms. The number of rotatable bonds is 3. The Morgan fingerprint density at radius 3 is 1.63 bits per heavy atom. The van der Waals surface area contributed by atoms with Gasteiger partial charge in [0.15, 0.2) is 0 Å². The van der Waals surface area contributed by atoms with Crippen molar-refractivity contribution in [2.75, 3.05) is 26.7 Å². The Bertz CT molecular complexity index is 378. The summed E-state index contributed by atoms with van der Waals surface area (Å²) >= 11 is 0. The summed E-state index contributed by atoms with van der Waals surface area (Å²) in [4.78, 5) is 0. The second-order valence-corrected chi connectivity index (χ2v) is 5.23. The number of unbranched alkanes of at least 4 members (excludes halogenated alkanes) is 1. The molecular weight excluding hydrogens is 237 g/mol. The maximum atomic E-state index is 8.09. The number of hydrogen-bond acceptors (Lipinski definition) is 4. The van der Waals surface area contributed by atoms with Gasteiger partial charge in [0.05, 0.1) is 26.7 Å². The quantitative estimate of drug-likeness (QED) is 0.568. The Balaban J connectivity index is 0.000000344. The summed E-state index contributed by atoms with van der Waals surface area (Å²) in [6.45, 7) is 6.55. The summed E-state index contributed by atoms with van der Waals surface area (Å²) in [7, 11) is 2.41. The Morgan fingerprint density at radius 2 is 1.37 bits per heavy atom. The van der Waals surface area contributed by atoms with E-state index in [9.17, 15) is 0 Å². The van der Waals surface area contributed by atoms with E-state index in [0.717, 1.165) is 0 Å². The molecular formula is C13H20BN5. The van der Waals surface area contributed by atoms with Crippen LogP contribution in [0.1, 0.15) is 32.6 Å². The van der Waals surface area contributed by atoms with Crippen molar-refractivity contribution < 1.29 is 4.48 Å². The molecule has 1 heterocycles. The minimum absolute atomic E-state index is 1.34. The Labute approximate surface area is 115 Å². The molecule has 1 aliphatic rings. The Hall–Kier alpha value is -2.02. The van der Waals surface area contributed by atoms with Gasteiger partial charge in [-0.1, -0.05) is 13.3 Å². The minimum atomic E-state index is -2.72. The van der Waals surface area contributed by atoms with E-state index in [0.29, 0.717) is 0 Å². The average Bonchev–Trinajstić information content (AvgIpc) is 2.88. The molecule has 0 aromatic rings. The van der Waals surface area contributed by atoms with E-state index in [1.165, 1.54) is 73.7 Å². The van der Waals surface area contributed by atoms with Gasteiger partial charge in [0, 0.05) is 12.8 Å². The lowest BCUT2D eigenvalue weighted by atomic mass is 9.30. The third kappa shape index (κ3) is 5.43. The van der Waals surface area contributed by atoms with Crippen LogP contribution in [-0.4, -0.2) is 37.3 Å². The number of likely N-dealkylation sites (tertiary alicyclic amines) is 1. The van der Waals surface area contributed by atoms with E-state index in [-0.39, 0.29) is 0 Å². The third-order valence-electron chi connectivity index (χ3n) is 3.47. The van der Waals surface area contributed by atoms with E-state index in [4.69, 9.17) is 21.0 Å². The van der Waals surface area contributed by atoms with Gasteiger partial charge in [-0.3, -0.25) is 0 Å². The molecule has 0 aromatic heterocycles. The molecule has 1 rings (SSSR count). The molecule has 0 atom stereocenters. The lowest BCUT2D eigenvalue weighted by molar-refractivity contribution is -0.897. The fourth-order valence-corrected chi connectivity index (χ4v) is 2.04. The van der Waals surface area contributed by atoms with Gasteiger partial charge in [0.2, 0.25) is 0 Å². The predicted molar refractivity (Wildman–Crippen MR) is 73.1 cm³/mol. The molecule has 1 fully saturated rings. The van der Waals surface area contributed by atoms with E-state index >= 15 is 0 Å². The van der Waals surface area contributed by atoms with Crippen molar-refractivity contribution >= 4 is 6.15 Å². The van der Waals surface area contributed by atoms with Gasteiger partial charge in [0.1, 0.15) is 0 Å². The normalized spacial score (nSPS) is 15.9. The van der Waals surface area contributed by atoms with Crippen LogP contribution in [0.3, 0.4) is 0 Å². The second-order valence-electron chi connectivity index (χ2n) is 5.23. The van der Waals surface area contributed by atoms with Crippen LogP contribution in [0.25, 0.3) is 0 Å². The number of hydrogen-bond donors (Lipinski definition) is 0. The monoisotopic (exact) mass is 257 g/mol. The van der Waals surface area contributed by atoms with E-state index < -0.39 is 6.15 Å². The van der Waals surface area contributed by atoms with Gasteiger partial charge < -0.3 is 4.48 Å². The highest BCUT2D eigenvalue weighted by atomic mass is 15.3. The van der Waals surface area contributed by atoms with Gasteiger partial charge in [-0.2, -0.15) is 0 Å². The summed E-state index contributed by atoms with van der Waals surface area (Å²) in [5.41, 5.74) is 0. The second kappa shape index (κ2) is 8.15. The fourth-order valence-electron chi connectivity index (χ4n) is 2.04. The maximum absolute atomic E-state index is 8.09. The van der Waals surface area contributed by atoms with Crippen LogP contribution in [0.2, 0.25) is 0 Å². The van der Waals surface area contributed by atoms with Crippen molar-refractivity contribution in [2.24, 2.45) is 0 Å². The molecule has 0 aliphatic carbocycles. The van der Waals surface area contributed by atoms with Crippen LogP contribution in [-0.2, 0) is 0 Å². The SMILES string of the molecule is CCCC[N+]1(C)CCCC1.N#C[B-](C#N)(C#N)C#N. The van der Waals surface area contributed by atoms with Gasteiger partial charge in [-0.15, -0.1) is 23.9 Å². The zero-order valence-electron chi connectivity index (χ0n) is 11.8. The molecule has 0 unspecified atom stereocenters. The van der Waals surface area contributed by atoms with Crippen molar-refractivity contribution in [3.8, 4) is 23.9 Å². The number of quaternary nitrogens is 1. The summed E-state index contributed by atoms with van der Waals surface area (Å²) in [6, 6.07) is 0. The van der Waals surface area contributed by atoms with E-state index in [2.05, 4.69) is 14.0 Å². The van der Waals surface area contributed by atoms with Gasteiger partial charge in [-0.05, 0) is 6.42 Å². The molecule has 0 spiro atoms. The molecule has 1 aliphatic heterocycles.